The molecule has 0 aliphatic carbocycles. The van der Waals surface area contributed by atoms with E-state index in [2.05, 4.69) is 4.98 Å². The summed E-state index contributed by atoms with van der Waals surface area (Å²) in [6, 6.07) is 7.95. The van der Waals surface area contributed by atoms with Crippen molar-refractivity contribution in [2.45, 2.75) is 25.6 Å². The average Bonchev–Trinajstić information content (AvgIpc) is 2.87. The average molecular weight is 315 g/mol. The molecule has 0 spiro atoms. The summed E-state index contributed by atoms with van der Waals surface area (Å²) in [5.41, 5.74) is 8.26. The molecule has 1 aromatic carbocycles. The van der Waals surface area contributed by atoms with E-state index in [4.69, 9.17) is 5.73 Å². The van der Waals surface area contributed by atoms with Crippen molar-refractivity contribution in [3.8, 4) is 0 Å². The summed E-state index contributed by atoms with van der Waals surface area (Å²) in [5, 5.41) is 0. The number of nitrogens with two attached hydrogens (primary N) is 1. The predicted molar refractivity (Wildman–Crippen MR) is 79.9 cm³/mol. The predicted octanol–water partition coefficient (Wildman–Crippen LogP) is 2.59. The van der Waals surface area contributed by atoms with Gasteiger partial charge < -0.3 is 10.6 Å². The molecule has 21 heavy (non-hydrogen) atoms. The molecular weight excluding hydrogens is 298 g/mol. The Bertz CT molecular complexity index is 602. The van der Waals surface area contributed by atoms with E-state index in [9.17, 15) is 8.78 Å². The van der Waals surface area contributed by atoms with Crippen molar-refractivity contribution in [2.75, 3.05) is 11.4 Å². The Morgan fingerprint density at radius 2 is 2.10 bits per heavy atom. The lowest BCUT2D eigenvalue weighted by Gasteiger charge is -2.34. The maximum atomic E-state index is 12.9. The number of hydrogen-bond donors (Lipinski definition) is 1. The van der Waals surface area contributed by atoms with Gasteiger partial charge in [0.2, 0.25) is 0 Å². The van der Waals surface area contributed by atoms with Gasteiger partial charge in [0.1, 0.15) is 5.82 Å². The van der Waals surface area contributed by atoms with Gasteiger partial charge >= 0.3 is 6.55 Å². The molecule has 0 amide bonds. The molecule has 4 nitrogen and oxygen atoms in total. The lowest BCUT2D eigenvalue weighted by molar-refractivity contribution is 0.0669. The van der Waals surface area contributed by atoms with Crippen molar-refractivity contribution in [3.05, 3.63) is 48.0 Å². The zero-order valence-electron chi connectivity index (χ0n) is 11.3. The van der Waals surface area contributed by atoms with Crippen LogP contribution in [-0.4, -0.2) is 22.1 Å². The van der Waals surface area contributed by atoms with Crippen LogP contribution in [0.15, 0.2) is 36.7 Å². The molecule has 0 saturated carbocycles. The summed E-state index contributed by atoms with van der Waals surface area (Å²) >= 11 is 0. The Kier molecular flexibility index (Phi) is 4.80. The number of imidazole rings is 1. The summed E-state index contributed by atoms with van der Waals surface area (Å²) in [6.45, 7) is -1.59. The normalized spacial score (nSPS) is 17.5. The third-order valence-corrected chi connectivity index (χ3v) is 3.56. The van der Waals surface area contributed by atoms with E-state index in [0.717, 1.165) is 22.2 Å². The van der Waals surface area contributed by atoms with Gasteiger partial charge in [0, 0.05) is 30.7 Å². The number of fused-ring (bicyclic) bond motifs is 1. The monoisotopic (exact) mass is 314 g/mol. The Balaban J connectivity index is 0.00000161. The Morgan fingerprint density at radius 1 is 1.33 bits per heavy atom. The van der Waals surface area contributed by atoms with Crippen molar-refractivity contribution in [2.24, 2.45) is 5.73 Å². The minimum absolute atomic E-state index is 0. The third kappa shape index (κ3) is 3.16. The first-order valence-corrected chi connectivity index (χ1v) is 6.53. The molecule has 1 aliphatic rings. The van der Waals surface area contributed by atoms with Gasteiger partial charge in [-0.25, -0.2) is 4.98 Å². The quantitative estimate of drug-likeness (QED) is 0.947. The largest absolute Gasteiger partial charge is 0.362 e. The van der Waals surface area contributed by atoms with Crippen molar-refractivity contribution in [1.29, 1.82) is 0 Å². The van der Waals surface area contributed by atoms with E-state index >= 15 is 0 Å². The van der Waals surface area contributed by atoms with Gasteiger partial charge in [-0.15, -0.1) is 12.4 Å². The highest BCUT2D eigenvalue weighted by Gasteiger charge is 2.23. The lowest BCUT2D eigenvalue weighted by Crippen LogP contribution is -2.43. The highest BCUT2D eigenvalue weighted by Crippen LogP contribution is 2.28. The van der Waals surface area contributed by atoms with Gasteiger partial charge in [-0.3, -0.25) is 4.57 Å². The van der Waals surface area contributed by atoms with E-state index in [1.807, 2.05) is 29.2 Å². The summed E-state index contributed by atoms with van der Waals surface area (Å²) in [7, 11) is 0. The second-order valence-corrected chi connectivity index (χ2v) is 5.00. The molecule has 0 radical (unpaired) electrons. The lowest BCUT2D eigenvalue weighted by atomic mass is 9.98. The Hall–Kier alpha value is -1.66. The van der Waals surface area contributed by atoms with Crippen LogP contribution in [0.25, 0.3) is 0 Å². The Labute approximate surface area is 128 Å². The Morgan fingerprint density at radius 3 is 2.86 bits per heavy atom. The molecule has 0 fully saturated rings. The van der Waals surface area contributed by atoms with Crippen LogP contribution >= 0.6 is 12.4 Å². The third-order valence-electron chi connectivity index (χ3n) is 3.56. The SMILES string of the molecule is Cl.NC1Cc2ccccc2N(Cc2nccn2C(F)F)C1. The van der Waals surface area contributed by atoms with Gasteiger partial charge in [0.15, 0.2) is 0 Å². The van der Waals surface area contributed by atoms with Gasteiger partial charge in [0.25, 0.3) is 0 Å². The van der Waals surface area contributed by atoms with Crippen LogP contribution in [-0.2, 0) is 13.0 Å². The smallest absolute Gasteiger partial charge is 0.319 e. The molecule has 2 heterocycles. The zero-order chi connectivity index (χ0) is 14.1. The molecule has 2 N–H and O–H groups in total. The van der Waals surface area contributed by atoms with Crippen LogP contribution in [0.1, 0.15) is 17.9 Å². The summed E-state index contributed by atoms with van der Waals surface area (Å²) in [6.07, 6.45) is 3.52. The van der Waals surface area contributed by atoms with Gasteiger partial charge in [-0.2, -0.15) is 8.78 Å². The molecule has 1 unspecified atom stereocenters. The number of para-hydroxylation sites is 1. The van der Waals surface area contributed by atoms with Crippen molar-refractivity contribution >= 4 is 18.1 Å². The molecule has 2 aromatic rings. The van der Waals surface area contributed by atoms with Gasteiger partial charge in [0.05, 0.1) is 6.54 Å². The number of halogens is 3. The summed E-state index contributed by atoms with van der Waals surface area (Å²) < 4.78 is 26.6. The number of nitrogens with zero attached hydrogens (tertiary/aromatic N) is 3. The molecular formula is C14H17ClF2N4. The van der Waals surface area contributed by atoms with Crippen molar-refractivity contribution in [3.63, 3.8) is 0 Å². The number of benzene rings is 1. The van der Waals surface area contributed by atoms with Crippen molar-refractivity contribution < 1.29 is 8.78 Å². The number of anilines is 1. The topological polar surface area (TPSA) is 47.1 Å². The summed E-state index contributed by atoms with van der Waals surface area (Å²) in [5.74, 6) is 0.351. The van der Waals surface area contributed by atoms with Crippen LogP contribution in [0.4, 0.5) is 14.5 Å². The molecule has 7 heteroatoms. The number of rotatable bonds is 3. The fourth-order valence-corrected chi connectivity index (χ4v) is 2.68. The zero-order valence-corrected chi connectivity index (χ0v) is 12.1. The van der Waals surface area contributed by atoms with Crippen LogP contribution < -0.4 is 10.6 Å². The first-order chi connectivity index (χ1) is 9.65. The highest BCUT2D eigenvalue weighted by atomic mass is 35.5. The maximum Gasteiger partial charge on any atom is 0.319 e. The van der Waals surface area contributed by atoms with E-state index < -0.39 is 6.55 Å². The summed E-state index contributed by atoms with van der Waals surface area (Å²) in [4.78, 5) is 6.05. The van der Waals surface area contributed by atoms with Crippen LogP contribution in [0, 0.1) is 0 Å². The van der Waals surface area contributed by atoms with E-state index in [1.54, 1.807) is 0 Å². The molecule has 3 rings (SSSR count). The molecule has 1 aliphatic heterocycles. The second kappa shape index (κ2) is 6.41. The molecule has 0 saturated heterocycles. The minimum atomic E-state index is -2.57. The minimum Gasteiger partial charge on any atom is -0.362 e. The first kappa shape index (κ1) is 15.7. The second-order valence-electron chi connectivity index (χ2n) is 5.00. The maximum absolute atomic E-state index is 12.9. The molecule has 1 aromatic heterocycles. The van der Waals surface area contributed by atoms with E-state index in [1.165, 1.54) is 12.4 Å². The van der Waals surface area contributed by atoms with Crippen LogP contribution in [0.3, 0.4) is 0 Å². The van der Waals surface area contributed by atoms with E-state index in [-0.39, 0.29) is 18.4 Å². The van der Waals surface area contributed by atoms with Crippen LogP contribution in [0.2, 0.25) is 0 Å². The highest BCUT2D eigenvalue weighted by molar-refractivity contribution is 5.85. The van der Waals surface area contributed by atoms with E-state index in [0.29, 0.717) is 18.9 Å². The fourth-order valence-electron chi connectivity index (χ4n) is 2.68. The van der Waals surface area contributed by atoms with Gasteiger partial charge in [-0.1, -0.05) is 18.2 Å². The molecule has 0 bridgehead atoms. The molecule has 1 atom stereocenters. The number of hydrogen-bond acceptors (Lipinski definition) is 3. The molecule has 114 valence electrons. The standard InChI is InChI=1S/C14H16F2N4.ClH/c15-14(16)20-6-5-18-13(20)9-19-8-11(17)7-10-3-1-2-4-12(10)19;/h1-6,11,14H,7-9,17H2;1H. The fraction of sp³-hybridized carbons (Fsp3) is 0.357. The first-order valence-electron chi connectivity index (χ1n) is 6.53. The van der Waals surface area contributed by atoms with Gasteiger partial charge in [-0.05, 0) is 18.1 Å². The number of aromatic nitrogens is 2. The van der Waals surface area contributed by atoms with Crippen LogP contribution in [0.5, 0.6) is 0 Å². The number of alkyl halides is 2. The van der Waals surface area contributed by atoms with Crippen molar-refractivity contribution in [1.82, 2.24) is 9.55 Å².